The molecule has 0 saturated carbocycles. The summed E-state index contributed by atoms with van der Waals surface area (Å²) in [6, 6.07) is 7.49. The third-order valence-corrected chi connectivity index (χ3v) is 2.48. The van der Waals surface area contributed by atoms with Crippen LogP contribution in [0.4, 0.5) is 11.4 Å². The Hall–Kier alpha value is -2.17. The summed E-state index contributed by atoms with van der Waals surface area (Å²) in [5.41, 5.74) is 8.32. The minimum Gasteiger partial charge on any atom is -0.491 e. The lowest BCUT2D eigenvalue weighted by Gasteiger charge is -2.12. The fourth-order valence-corrected chi connectivity index (χ4v) is 1.55. The maximum absolute atomic E-state index is 6.03. The molecule has 0 atom stereocenters. The highest BCUT2D eigenvalue weighted by Crippen LogP contribution is 2.29. The molecule has 3 N–H and O–H groups in total. The van der Waals surface area contributed by atoms with Gasteiger partial charge in [-0.2, -0.15) is 0 Å². The van der Waals surface area contributed by atoms with Crippen LogP contribution in [0.25, 0.3) is 0 Å². The van der Waals surface area contributed by atoms with Crippen LogP contribution in [0, 0.1) is 0 Å². The second-order valence-electron chi connectivity index (χ2n) is 3.91. The largest absolute Gasteiger partial charge is 0.491 e. The fraction of sp³-hybridized carbons (Fsp3) is 0.308. The third kappa shape index (κ3) is 2.94. The number of benzene rings is 1. The summed E-state index contributed by atoms with van der Waals surface area (Å²) in [6.45, 7) is 3.29. The Balaban J connectivity index is 2.03. The first kappa shape index (κ1) is 12.3. The van der Waals surface area contributed by atoms with Gasteiger partial charge in [-0.3, -0.25) is 0 Å². The summed E-state index contributed by atoms with van der Waals surface area (Å²) in [5.74, 6) is 0.710. The van der Waals surface area contributed by atoms with E-state index in [1.54, 1.807) is 12.3 Å². The van der Waals surface area contributed by atoms with Crippen molar-refractivity contribution < 1.29 is 9.26 Å². The number of nitrogen functional groups attached to an aromatic ring is 1. The standard InChI is InChI=1S/C13H17N3O2/c1-2-7-17-12-5-3-4-11(13(12)14)15-9-10-6-8-18-16-10/h3-6,8,15H,2,7,9,14H2,1H3. The molecule has 5 heteroatoms. The number of anilines is 2. The van der Waals surface area contributed by atoms with Crippen molar-refractivity contribution in [2.45, 2.75) is 19.9 Å². The van der Waals surface area contributed by atoms with Crippen LogP contribution in [0.5, 0.6) is 5.75 Å². The molecular weight excluding hydrogens is 230 g/mol. The molecule has 2 rings (SSSR count). The van der Waals surface area contributed by atoms with E-state index in [1.165, 1.54) is 0 Å². The molecule has 96 valence electrons. The number of rotatable bonds is 6. The van der Waals surface area contributed by atoms with Crippen LogP contribution in [0.2, 0.25) is 0 Å². The van der Waals surface area contributed by atoms with Crippen molar-refractivity contribution in [3.63, 3.8) is 0 Å². The average molecular weight is 247 g/mol. The molecule has 0 aliphatic heterocycles. The summed E-state index contributed by atoms with van der Waals surface area (Å²) >= 11 is 0. The first-order valence-corrected chi connectivity index (χ1v) is 5.95. The molecule has 0 unspecified atom stereocenters. The first-order valence-electron chi connectivity index (χ1n) is 5.95. The summed E-state index contributed by atoms with van der Waals surface area (Å²) in [4.78, 5) is 0. The highest BCUT2D eigenvalue weighted by Gasteiger charge is 2.06. The Bertz CT molecular complexity index is 483. The Kier molecular flexibility index (Phi) is 4.06. The van der Waals surface area contributed by atoms with Gasteiger partial charge in [-0.05, 0) is 18.6 Å². The summed E-state index contributed by atoms with van der Waals surface area (Å²) in [5, 5.41) is 7.03. The lowest BCUT2D eigenvalue weighted by atomic mass is 10.2. The van der Waals surface area contributed by atoms with Crippen LogP contribution in [0.1, 0.15) is 19.0 Å². The highest BCUT2D eigenvalue weighted by atomic mass is 16.5. The van der Waals surface area contributed by atoms with Gasteiger partial charge in [-0.25, -0.2) is 0 Å². The van der Waals surface area contributed by atoms with Crippen LogP contribution in [-0.4, -0.2) is 11.8 Å². The van der Waals surface area contributed by atoms with Crippen LogP contribution >= 0.6 is 0 Å². The molecule has 0 saturated heterocycles. The smallest absolute Gasteiger partial charge is 0.144 e. The lowest BCUT2D eigenvalue weighted by Crippen LogP contribution is -2.05. The Labute approximate surface area is 106 Å². The number of aromatic nitrogens is 1. The van der Waals surface area contributed by atoms with Crippen molar-refractivity contribution in [1.29, 1.82) is 0 Å². The summed E-state index contributed by atoms with van der Waals surface area (Å²) < 4.78 is 10.3. The van der Waals surface area contributed by atoms with Crippen molar-refractivity contribution in [3.8, 4) is 5.75 Å². The number of para-hydroxylation sites is 1. The molecule has 1 heterocycles. The minimum atomic E-state index is 0.567. The molecule has 1 aromatic heterocycles. The van der Waals surface area contributed by atoms with Crippen LogP contribution in [-0.2, 0) is 6.54 Å². The van der Waals surface area contributed by atoms with Gasteiger partial charge in [-0.15, -0.1) is 0 Å². The van der Waals surface area contributed by atoms with Crippen LogP contribution in [0.3, 0.4) is 0 Å². The van der Waals surface area contributed by atoms with Gasteiger partial charge in [0.15, 0.2) is 0 Å². The van der Waals surface area contributed by atoms with E-state index in [0.717, 1.165) is 17.8 Å². The molecule has 0 amide bonds. The fourth-order valence-electron chi connectivity index (χ4n) is 1.55. The van der Waals surface area contributed by atoms with E-state index in [2.05, 4.69) is 17.4 Å². The lowest BCUT2D eigenvalue weighted by molar-refractivity contribution is 0.319. The van der Waals surface area contributed by atoms with Crippen molar-refractivity contribution in [3.05, 3.63) is 36.2 Å². The summed E-state index contributed by atoms with van der Waals surface area (Å²) in [6.07, 6.45) is 2.50. The monoisotopic (exact) mass is 247 g/mol. The van der Waals surface area contributed by atoms with E-state index in [-0.39, 0.29) is 0 Å². The second-order valence-corrected chi connectivity index (χ2v) is 3.91. The van der Waals surface area contributed by atoms with E-state index in [9.17, 15) is 0 Å². The Morgan fingerprint density at radius 2 is 2.28 bits per heavy atom. The minimum absolute atomic E-state index is 0.567. The third-order valence-electron chi connectivity index (χ3n) is 2.48. The van der Waals surface area contributed by atoms with Gasteiger partial charge in [-0.1, -0.05) is 18.1 Å². The van der Waals surface area contributed by atoms with E-state index < -0.39 is 0 Å². The number of nitrogens with two attached hydrogens (primary N) is 1. The molecule has 18 heavy (non-hydrogen) atoms. The van der Waals surface area contributed by atoms with Crippen molar-refractivity contribution in [2.75, 3.05) is 17.7 Å². The summed E-state index contributed by atoms with van der Waals surface area (Å²) in [7, 11) is 0. The Morgan fingerprint density at radius 3 is 3.00 bits per heavy atom. The van der Waals surface area contributed by atoms with Crippen molar-refractivity contribution in [1.82, 2.24) is 5.16 Å². The van der Waals surface area contributed by atoms with Crippen LogP contribution < -0.4 is 15.8 Å². The van der Waals surface area contributed by atoms with Gasteiger partial charge in [0.05, 0.1) is 24.5 Å². The quantitative estimate of drug-likeness (QED) is 0.768. The molecule has 0 aliphatic rings. The molecular formula is C13H17N3O2. The predicted molar refractivity (Wildman–Crippen MR) is 70.5 cm³/mol. The SMILES string of the molecule is CCCOc1cccc(NCc2ccon2)c1N. The topological polar surface area (TPSA) is 73.3 Å². The van der Waals surface area contributed by atoms with Crippen molar-refractivity contribution in [2.24, 2.45) is 0 Å². The Morgan fingerprint density at radius 1 is 1.39 bits per heavy atom. The molecule has 0 spiro atoms. The zero-order valence-electron chi connectivity index (χ0n) is 10.3. The van der Waals surface area contributed by atoms with E-state index in [4.69, 9.17) is 15.0 Å². The van der Waals surface area contributed by atoms with Gasteiger partial charge >= 0.3 is 0 Å². The maximum Gasteiger partial charge on any atom is 0.144 e. The molecule has 5 nitrogen and oxygen atoms in total. The molecule has 2 aromatic rings. The number of hydrogen-bond donors (Lipinski definition) is 2. The highest BCUT2D eigenvalue weighted by molar-refractivity contribution is 5.72. The zero-order valence-corrected chi connectivity index (χ0v) is 10.3. The van der Waals surface area contributed by atoms with Crippen molar-refractivity contribution >= 4 is 11.4 Å². The number of hydrogen-bond acceptors (Lipinski definition) is 5. The van der Waals surface area contributed by atoms with Gasteiger partial charge in [0.2, 0.25) is 0 Å². The van der Waals surface area contributed by atoms with Gasteiger partial charge in [0.1, 0.15) is 17.7 Å². The normalized spacial score (nSPS) is 10.3. The van der Waals surface area contributed by atoms with Gasteiger partial charge < -0.3 is 20.3 Å². The number of nitrogens with zero attached hydrogens (tertiary/aromatic N) is 1. The molecule has 0 bridgehead atoms. The van der Waals surface area contributed by atoms with Gasteiger partial charge in [0, 0.05) is 6.07 Å². The second kappa shape index (κ2) is 5.95. The van der Waals surface area contributed by atoms with E-state index in [0.29, 0.717) is 24.6 Å². The molecule has 1 aromatic carbocycles. The van der Waals surface area contributed by atoms with Crippen LogP contribution in [0.15, 0.2) is 35.1 Å². The average Bonchev–Trinajstić information content (AvgIpc) is 2.89. The predicted octanol–water partition coefficient (Wildman–Crippen LogP) is 2.66. The van der Waals surface area contributed by atoms with E-state index in [1.807, 2.05) is 18.2 Å². The molecule has 0 aliphatic carbocycles. The number of ether oxygens (including phenoxy) is 1. The first-order chi connectivity index (χ1) is 8.81. The number of nitrogens with one attached hydrogen (secondary N) is 1. The zero-order chi connectivity index (χ0) is 12.8. The van der Waals surface area contributed by atoms with Gasteiger partial charge in [0.25, 0.3) is 0 Å². The maximum atomic E-state index is 6.03. The molecule has 0 fully saturated rings. The van der Waals surface area contributed by atoms with E-state index >= 15 is 0 Å². The molecule has 0 radical (unpaired) electrons.